The minimum absolute atomic E-state index is 0.341. The van der Waals surface area contributed by atoms with Gasteiger partial charge in [0.25, 0.3) is 0 Å². The van der Waals surface area contributed by atoms with Crippen molar-refractivity contribution in [1.82, 2.24) is 10.2 Å². The Labute approximate surface area is 173 Å². The highest BCUT2D eigenvalue weighted by atomic mass is 32.2. The topological polar surface area (TPSA) is 101 Å². The average molecular weight is 445 g/mol. The second-order valence-corrected chi connectivity index (χ2v) is 10.5. The zero-order valence-electron chi connectivity index (χ0n) is 16.2. The summed E-state index contributed by atoms with van der Waals surface area (Å²) in [5, 5.41) is 10.9. The SMILES string of the molecule is CCOc1cccc(N(CC(=O)Nc2nnc(SCC(C)C)s2)S(C)(=O)=O)c1. The van der Waals surface area contributed by atoms with Crippen LogP contribution in [0.25, 0.3) is 0 Å². The lowest BCUT2D eigenvalue weighted by atomic mass is 10.3. The zero-order valence-corrected chi connectivity index (χ0v) is 18.7. The number of carbonyl (C=O) groups is 1. The van der Waals surface area contributed by atoms with Gasteiger partial charge in [0.15, 0.2) is 4.34 Å². The summed E-state index contributed by atoms with van der Waals surface area (Å²) in [7, 11) is -3.67. The van der Waals surface area contributed by atoms with Crippen LogP contribution in [0.5, 0.6) is 5.75 Å². The molecule has 0 bridgehead atoms. The maximum absolute atomic E-state index is 12.4. The molecular formula is C17H24N4O4S3. The van der Waals surface area contributed by atoms with Crippen LogP contribution in [0.4, 0.5) is 10.8 Å². The fourth-order valence-corrected chi connectivity index (χ4v) is 4.73. The second-order valence-electron chi connectivity index (χ2n) is 6.33. The molecule has 154 valence electrons. The van der Waals surface area contributed by atoms with E-state index in [-0.39, 0.29) is 6.54 Å². The van der Waals surface area contributed by atoms with Crippen LogP contribution in [0.2, 0.25) is 0 Å². The molecule has 1 aromatic carbocycles. The Morgan fingerprint density at radius 3 is 2.75 bits per heavy atom. The van der Waals surface area contributed by atoms with Crippen LogP contribution in [-0.4, -0.2) is 49.7 Å². The maximum Gasteiger partial charge on any atom is 0.246 e. The van der Waals surface area contributed by atoms with Crippen molar-refractivity contribution in [2.75, 3.05) is 34.8 Å². The van der Waals surface area contributed by atoms with Gasteiger partial charge in [0.2, 0.25) is 21.1 Å². The molecule has 0 aliphatic rings. The lowest BCUT2D eigenvalue weighted by molar-refractivity contribution is -0.114. The fraction of sp³-hybridized carbons (Fsp3) is 0.471. The van der Waals surface area contributed by atoms with Crippen molar-refractivity contribution in [2.45, 2.75) is 25.1 Å². The molecule has 1 N–H and O–H groups in total. The van der Waals surface area contributed by atoms with Gasteiger partial charge in [-0.1, -0.05) is 43.0 Å². The van der Waals surface area contributed by atoms with E-state index in [1.54, 1.807) is 36.0 Å². The molecule has 0 aliphatic carbocycles. The smallest absolute Gasteiger partial charge is 0.246 e. The molecule has 0 aliphatic heterocycles. The number of amides is 1. The number of hydrogen-bond donors (Lipinski definition) is 1. The minimum atomic E-state index is -3.67. The van der Waals surface area contributed by atoms with Crippen LogP contribution in [0.3, 0.4) is 0 Å². The van der Waals surface area contributed by atoms with Crippen LogP contribution in [0.15, 0.2) is 28.6 Å². The summed E-state index contributed by atoms with van der Waals surface area (Å²) < 4.78 is 31.6. The van der Waals surface area contributed by atoms with Gasteiger partial charge in [-0.3, -0.25) is 14.4 Å². The Morgan fingerprint density at radius 2 is 2.11 bits per heavy atom. The third-order valence-electron chi connectivity index (χ3n) is 3.30. The average Bonchev–Trinajstić information content (AvgIpc) is 3.05. The molecule has 2 aromatic rings. The zero-order chi connectivity index (χ0) is 20.7. The Kier molecular flexibility index (Phi) is 8.08. The van der Waals surface area contributed by atoms with E-state index in [9.17, 15) is 13.2 Å². The number of benzene rings is 1. The van der Waals surface area contributed by atoms with Crippen molar-refractivity contribution in [3.05, 3.63) is 24.3 Å². The second kappa shape index (κ2) is 10.1. The van der Waals surface area contributed by atoms with E-state index in [0.717, 1.165) is 20.7 Å². The highest BCUT2D eigenvalue weighted by Crippen LogP contribution is 2.27. The highest BCUT2D eigenvalue weighted by Gasteiger charge is 2.22. The first kappa shape index (κ1) is 22.4. The van der Waals surface area contributed by atoms with Crippen molar-refractivity contribution < 1.29 is 17.9 Å². The molecule has 0 spiro atoms. The Bertz CT molecular complexity index is 899. The minimum Gasteiger partial charge on any atom is -0.494 e. The van der Waals surface area contributed by atoms with Crippen LogP contribution in [-0.2, 0) is 14.8 Å². The molecular weight excluding hydrogens is 420 g/mol. The summed E-state index contributed by atoms with van der Waals surface area (Å²) in [6.07, 6.45) is 1.05. The number of nitrogens with zero attached hydrogens (tertiary/aromatic N) is 3. The van der Waals surface area contributed by atoms with E-state index in [0.29, 0.717) is 29.1 Å². The predicted molar refractivity (Wildman–Crippen MR) is 114 cm³/mol. The molecule has 0 saturated carbocycles. The van der Waals surface area contributed by atoms with Crippen molar-refractivity contribution >= 4 is 49.8 Å². The maximum atomic E-state index is 12.4. The van der Waals surface area contributed by atoms with Crippen LogP contribution in [0.1, 0.15) is 20.8 Å². The molecule has 0 radical (unpaired) electrons. The van der Waals surface area contributed by atoms with Crippen LogP contribution < -0.4 is 14.4 Å². The van der Waals surface area contributed by atoms with Crippen molar-refractivity contribution in [2.24, 2.45) is 5.92 Å². The molecule has 1 amide bonds. The summed E-state index contributed by atoms with van der Waals surface area (Å²) in [5.41, 5.74) is 0.356. The van der Waals surface area contributed by atoms with Crippen molar-refractivity contribution in [3.8, 4) is 5.75 Å². The van der Waals surface area contributed by atoms with Crippen molar-refractivity contribution in [3.63, 3.8) is 0 Å². The van der Waals surface area contributed by atoms with Gasteiger partial charge in [-0.15, -0.1) is 10.2 Å². The first-order chi connectivity index (χ1) is 13.2. The molecule has 1 heterocycles. The largest absolute Gasteiger partial charge is 0.494 e. The first-order valence-corrected chi connectivity index (χ1v) is 12.3. The molecule has 1 aromatic heterocycles. The third-order valence-corrected chi connectivity index (χ3v) is 6.84. The van der Waals surface area contributed by atoms with Gasteiger partial charge in [0.1, 0.15) is 12.3 Å². The number of hydrogen-bond acceptors (Lipinski definition) is 8. The van der Waals surface area contributed by atoms with E-state index >= 15 is 0 Å². The van der Waals surface area contributed by atoms with Crippen LogP contribution in [0, 0.1) is 5.92 Å². The number of sulfonamides is 1. The molecule has 28 heavy (non-hydrogen) atoms. The quantitative estimate of drug-likeness (QED) is 0.444. The molecule has 0 saturated heterocycles. The fourth-order valence-electron chi connectivity index (χ4n) is 2.14. The molecule has 2 rings (SSSR count). The Balaban J connectivity index is 2.09. The van der Waals surface area contributed by atoms with Gasteiger partial charge in [-0.25, -0.2) is 8.42 Å². The number of ether oxygens (including phenoxy) is 1. The Hall–Kier alpha value is -1.85. The van der Waals surface area contributed by atoms with Gasteiger partial charge in [0, 0.05) is 11.8 Å². The van der Waals surface area contributed by atoms with E-state index in [2.05, 4.69) is 29.4 Å². The molecule has 0 atom stereocenters. The lowest BCUT2D eigenvalue weighted by Gasteiger charge is -2.22. The molecule has 0 unspecified atom stereocenters. The standard InChI is InChI=1S/C17H24N4O4S3/c1-5-25-14-8-6-7-13(9-14)21(28(4,23)24)10-15(22)18-16-19-20-17(27-16)26-11-12(2)3/h6-9,12H,5,10-11H2,1-4H3,(H,18,19,22). The summed E-state index contributed by atoms with van der Waals surface area (Å²) in [5.74, 6) is 1.46. The number of aromatic nitrogens is 2. The van der Waals surface area contributed by atoms with Gasteiger partial charge >= 0.3 is 0 Å². The predicted octanol–water partition coefficient (Wildman–Crippen LogP) is 3.09. The summed E-state index contributed by atoms with van der Waals surface area (Å²) in [6, 6.07) is 6.61. The van der Waals surface area contributed by atoms with Gasteiger partial charge in [0.05, 0.1) is 18.6 Å². The van der Waals surface area contributed by atoms with E-state index < -0.39 is 15.9 Å². The molecule has 8 nitrogen and oxygen atoms in total. The van der Waals surface area contributed by atoms with Crippen LogP contribution >= 0.6 is 23.1 Å². The number of carbonyl (C=O) groups excluding carboxylic acids is 1. The van der Waals surface area contributed by atoms with Gasteiger partial charge in [-0.2, -0.15) is 0 Å². The third kappa shape index (κ3) is 6.95. The van der Waals surface area contributed by atoms with E-state index in [1.165, 1.54) is 11.3 Å². The van der Waals surface area contributed by atoms with Gasteiger partial charge < -0.3 is 4.74 Å². The highest BCUT2D eigenvalue weighted by molar-refractivity contribution is 8.01. The normalized spacial score (nSPS) is 11.5. The molecule has 0 fully saturated rings. The first-order valence-electron chi connectivity index (χ1n) is 8.65. The van der Waals surface area contributed by atoms with Gasteiger partial charge in [-0.05, 0) is 25.0 Å². The number of anilines is 2. The monoisotopic (exact) mass is 444 g/mol. The summed E-state index contributed by atoms with van der Waals surface area (Å²) in [6.45, 7) is 6.14. The molecule has 11 heteroatoms. The summed E-state index contributed by atoms with van der Waals surface area (Å²) >= 11 is 2.83. The summed E-state index contributed by atoms with van der Waals surface area (Å²) in [4.78, 5) is 12.4. The number of nitrogens with one attached hydrogen (secondary N) is 1. The van der Waals surface area contributed by atoms with Crippen molar-refractivity contribution in [1.29, 1.82) is 0 Å². The van der Waals surface area contributed by atoms with E-state index in [4.69, 9.17) is 4.74 Å². The number of rotatable bonds is 10. The lowest BCUT2D eigenvalue weighted by Crippen LogP contribution is -2.37. The van der Waals surface area contributed by atoms with E-state index in [1.807, 2.05) is 6.92 Å². The number of thioether (sulfide) groups is 1. The Morgan fingerprint density at radius 1 is 1.36 bits per heavy atom.